The van der Waals surface area contributed by atoms with E-state index in [4.69, 9.17) is 4.74 Å². The zero-order valence-corrected chi connectivity index (χ0v) is 20.8. The Morgan fingerprint density at radius 1 is 1.14 bits per heavy atom. The predicted molar refractivity (Wildman–Crippen MR) is 126 cm³/mol. The molecule has 1 saturated carbocycles. The van der Waals surface area contributed by atoms with Crippen molar-refractivity contribution in [1.82, 2.24) is 14.1 Å². The lowest BCUT2D eigenvalue weighted by Crippen LogP contribution is -2.50. The van der Waals surface area contributed by atoms with E-state index in [1.165, 1.54) is 10.5 Å². The summed E-state index contributed by atoms with van der Waals surface area (Å²) in [5.74, 6) is -1.75. The summed E-state index contributed by atoms with van der Waals surface area (Å²) < 4.78 is 61.1. The SMILES string of the molecule is CC(C)S(=O)(=O)N1CCN(c2cnn(-c3cc(F)cc(F)c3)c(=O)c2OC2CCC(C)(O)C2)CC1. The fraction of sp³-hybridized carbons (Fsp3) is 0.565. The number of hydrogen-bond acceptors (Lipinski definition) is 7. The van der Waals surface area contributed by atoms with Crippen molar-refractivity contribution < 1.29 is 27.0 Å². The Labute approximate surface area is 203 Å². The lowest BCUT2D eigenvalue weighted by atomic mass is 10.1. The van der Waals surface area contributed by atoms with Crippen LogP contribution in [0.4, 0.5) is 14.5 Å². The minimum atomic E-state index is -3.41. The van der Waals surface area contributed by atoms with Gasteiger partial charge in [-0.3, -0.25) is 4.79 Å². The molecule has 0 radical (unpaired) electrons. The molecule has 12 heteroatoms. The van der Waals surface area contributed by atoms with E-state index < -0.39 is 44.2 Å². The Kier molecular flexibility index (Phi) is 6.91. The van der Waals surface area contributed by atoms with Crippen molar-refractivity contribution in [2.75, 3.05) is 31.1 Å². The minimum absolute atomic E-state index is 0.0486. The van der Waals surface area contributed by atoms with Crippen LogP contribution in [-0.2, 0) is 10.0 Å². The van der Waals surface area contributed by atoms with E-state index in [2.05, 4.69) is 5.10 Å². The number of benzene rings is 1. The molecule has 1 saturated heterocycles. The molecule has 2 aromatic rings. The van der Waals surface area contributed by atoms with Gasteiger partial charge in [0, 0.05) is 38.7 Å². The summed E-state index contributed by atoms with van der Waals surface area (Å²) in [5, 5.41) is 13.9. The highest BCUT2D eigenvalue weighted by molar-refractivity contribution is 7.89. The van der Waals surface area contributed by atoms with Gasteiger partial charge in [0.15, 0.2) is 0 Å². The molecule has 2 fully saturated rings. The van der Waals surface area contributed by atoms with Crippen molar-refractivity contribution in [1.29, 1.82) is 0 Å². The summed E-state index contributed by atoms with van der Waals surface area (Å²) >= 11 is 0. The second-order valence-electron chi connectivity index (χ2n) is 9.66. The molecule has 2 aliphatic rings. The van der Waals surface area contributed by atoms with E-state index in [0.29, 0.717) is 44.1 Å². The topological polar surface area (TPSA) is 105 Å². The van der Waals surface area contributed by atoms with Gasteiger partial charge >= 0.3 is 5.56 Å². The lowest BCUT2D eigenvalue weighted by molar-refractivity contribution is 0.0541. The fourth-order valence-electron chi connectivity index (χ4n) is 4.53. The third-order valence-electron chi connectivity index (χ3n) is 6.50. The van der Waals surface area contributed by atoms with Crippen molar-refractivity contribution in [2.45, 2.75) is 57.0 Å². The molecule has 1 aromatic heterocycles. The Hall–Kier alpha value is -2.57. The zero-order chi connectivity index (χ0) is 25.5. The molecule has 4 rings (SSSR count). The number of halogens is 2. The number of aliphatic hydroxyl groups is 1. The second-order valence-corrected chi connectivity index (χ2v) is 12.2. The van der Waals surface area contributed by atoms with Gasteiger partial charge in [-0.1, -0.05) is 0 Å². The molecule has 0 bridgehead atoms. The molecule has 1 N–H and O–H groups in total. The summed E-state index contributed by atoms with van der Waals surface area (Å²) in [6.45, 7) is 6.04. The van der Waals surface area contributed by atoms with Crippen LogP contribution in [0.2, 0.25) is 0 Å². The highest BCUT2D eigenvalue weighted by Gasteiger charge is 2.36. The van der Waals surface area contributed by atoms with Gasteiger partial charge in [0.1, 0.15) is 23.4 Å². The number of hydrogen-bond donors (Lipinski definition) is 1. The number of rotatable bonds is 6. The third kappa shape index (κ3) is 5.34. The quantitative estimate of drug-likeness (QED) is 0.632. The summed E-state index contributed by atoms with van der Waals surface area (Å²) in [5.41, 5.74) is -1.33. The molecule has 0 spiro atoms. The van der Waals surface area contributed by atoms with E-state index in [0.717, 1.165) is 16.8 Å². The maximum Gasteiger partial charge on any atom is 0.316 e. The number of anilines is 1. The van der Waals surface area contributed by atoms with E-state index in [1.807, 2.05) is 4.90 Å². The van der Waals surface area contributed by atoms with Gasteiger partial charge in [0.25, 0.3) is 0 Å². The van der Waals surface area contributed by atoms with Gasteiger partial charge in [-0.25, -0.2) is 17.2 Å². The van der Waals surface area contributed by atoms with Crippen LogP contribution in [0.3, 0.4) is 0 Å². The first-order chi connectivity index (χ1) is 16.4. The Morgan fingerprint density at radius 2 is 1.77 bits per heavy atom. The highest BCUT2D eigenvalue weighted by Crippen LogP contribution is 2.34. The number of piperazine rings is 1. The maximum atomic E-state index is 13.8. The molecular formula is C23H30F2N4O5S. The van der Waals surface area contributed by atoms with Crippen LogP contribution in [0.25, 0.3) is 5.69 Å². The third-order valence-corrected chi connectivity index (χ3v) is 8.77. The monoisotopic (exact) mass is 512 g/mol. The van der Waals surface area contributed by atoms with Crippen LogP contribution in [0.1, 0.15) is 40.0 Å². The Bertz CT molecular complexity index is 1240. The van der Waals surface area contributed by atoms with Crippen LogP contribution < -0.4 is 15.2 Å². The molecule has 35 heavy (non-hydrogen) atoms. The van der Waals surface area contributed by atoms with Gasteiger partial charge in [-0.05, 0) is 45.7 Å². The van der Waals surface area contributed by atoms with Gasteiger partial charge < -0.3 is 14.7 Å². The highest BCUT2D eigenvalue weighted by atomic mass is 32.2. The van der Waals surface area contributed by atoms with Crippen LogP contribution in [0.5, 0.6) is 5.75 Å². The molecule has 2 unspecified atom stereocenters. The van der Waals surface area contributed by atoms with E-state index >= 15 is 0 Å². The summed E-state index contributed by atoms with van der Waals surface area (Å²) in [6, 6.07) is 2.69. The van der Waals surface area contributed by atoms with E-state index in [-0.39, 0.29) is 24.5 Å². The van der Waals surface area contributed by atoms with Crippen LogP contribution in [0.15, 0.2) is 29.2 Å². The smallest absolute Gasteiger partial charge is 0.316 e. The molecule has 2 atom stereocenters. The first-order valence-corrected chi connectivity index (χ1v) is 13.1. The molecular weight excluding hydrogens is 482 g/mol. The van der Waals surface area contributed by atoms with Gasteiger partial charge in [0.05, 0.1) is 22.7 Å². The van der Waals surface area contributed by atoms with Crippen molar-refractivity contribution in [3.63, 3.8) is 0 Å². The van der Waals surface area contributed by atoms with Crippen molar-refractivity contribution in [2.24, 2.45) is 0 Å². The average molecular weight is 513 g/mol. The largest absolute Gasteiger partial charge is 0.483 e. The van der Waals surface area contributed by atoms with E-state index in [1.54, 1.807) is 20.8 Å². The summed E-state index contributed by atoms with van der Waals surface area (Å²) in [7, 11) is -3.41. The van der Waals surface area contributed by atoms with Crippen molar-refractivity contribution in [3.8, 4) is 11.4 Å². The van der Waals surface area contributed by atoms with Crippen molar-refractivity contribution in [3.05, 3.63) is 46.4 Å². The van der Waals surface area contributed by atoms with Crippen LogP contribution in [-0.4, -0.2) is 70.7 Å². The zero-order valence-electron chi connectivity index (χ0n) is 19.9. The number of sulfonamides is 1. The lowest BCUT2D eigenvalue weighted by Gasteiger charge is -2.36. The van der Waals surface area contributed by atoms with E-state index in [9.17, 15) is 27.1 Å². The molecule has 1 aliphatic carbocycles. The maximum absolute atomic E-state index is 13.8. The second kappa shape index (κ2) is 9.47. The molecule has 9 nitrogen and oxygen atoms in total. The summed E-state index contributed by atoms with van der Waals surface area (Å²) in [6.07, 6.45) is 2.32. The Morgan fingerprint density at radius 3 is 2.31 bits per heavy atom. The van der Waals surface area contributed by atoms with Crippen LogP contribution >= 0.6 is 0 Å². The normalized spacial score (nSPS) is 23.7. The molecule has 1 aromatic carbocycles. The number of nitrogens with zero attached hydrogens (tertiary/aromatic N) is 4. The first-order valence-electron chi connectivity index (χ1n) is 11.6. The number of aromatic nitrogens is 2. The Balaban J connectivity index is 1.69. The standard InChI is InChI=1S/C23H30F2N4O5S/c1-15(2)35(32,33)28-8-6-27(7-9-28)20-14-26-29(18-11-16(24)10-17(25)12-18)22(30)21(20)34-19-4-5-23(3,31)13-19/h10-12,14-15,19,31H,4-9,13H2,1-3H3. The predicted octanol–water partition coefficient (Wildman–Crippen LogP) is 2.05. The fourth-order valence-corrected chi connectivity index (χ4v) is 5.79. The summed E-state index contributed by atoms with van der Waals surface area (Å²) in [4.78, 5) is 15.3. The molecule has 0 amide bonds. The van der Waals surface area contributed by atoms with Crippen molar-refractivity contribution >= 4 is 15.7 Å². The minimum Gasteiger partial charge on any atom is -0.483 e. The van der Waals surface area contributed by atoms with Crippen LogP contribution in [0, 0.1) is 11.6 Å². The molecule has 2 heterocycles. The molecule has 192 valence electrons. The van der Waals surface area contributed by atoms with Gasteiger partial charge in [-0.2, -0.15) is 14.1 Å². The first kappa shape index (κ1) is 25.5. The van der Waals surface area contributed by atoms with Gasteiger partial charge in [-0.15, -0.1) is 0 Å². The number of ether oxygens (including phenoxy) is 1. The molecule has 1 aliphatic heterocycles. The van der Waals surface area contributed by atoms with Gasteiger partial charge in [0.2, 0.25) is 15.8 Å². The average Bonchev–Trinajstić information content (AvgIpc) is 3.12.